The molecule has 1 aromatic heterocycles. The maximum atomic E-state index is 12.0. The van der Waals surface area contributed by atoms with Crippen LogP contribution in [0, 0.1) is 24.7 Å². The van der Waals surface area contributed by atoms with Crippen LogP contribution in [0.4, 0.5) is 11.4 Å². The first-order chi connectivity index (χ1) is 22.2. The van der Waals surface area contributed by atoms with Crippen LogP contribution in [0.3, 0.4) is 0 Å². The molecule has 2 aliphatic carbocycles. The van der Waals surface area contributed by atoms with Crippen LogP contribution in [-0.2, 0) is 14.4 Å². The number of aromatic amines is 1. The zero-order valence-corrected chi connectivity index (χ0v) is 27.6. The molecule has 14 heteroatoms. The number of carbonyl (C=O) groups is 3. The van der Waals surface area contributed by atoms with E-state index in [9.17, 15) is 14.4 Å². The molecule has 3 aliphatic rings. The molecule has 3 atom stereocenters. The van der Waals surface area contributed by atoms with Crippen molar-refractivity contribution in [1.82, 2.24) is 25.9 Å². The highest BCUT2D eigenvalue weighted by molar-refractivity contribution is 5.96. The highest BCUT2D eigenvalue weighted by atomic mass is 16.7. The van der Waals surface area contributed by atoms with Crippen molar-refractivity contribution in [3.05, 3.63) is 59.5 Å². The Morgan fingerprint density at radius 3 is 2.20 bits per heavy atom. The highest BCUT2D eigenvalue weighted by Crippen LogP contribution is 2.44. The van der Waals surface area contributed by atoms with E-state index in [4.69, 9.17) is 26.3 Å². The van der Waals surface area contributed by atoms with Crippen LogP contribution in [0.5, 0.6) is 6.01 Å². The Kier molecular flexibility index (Phi) is 23.2. The summed E-state index contributed by atoms with van der Waals surface area (Å²) in [6, 6.07) is 8.00. The van der Waals surface area contributed by atoms with Gasteiger partial charge in [0.1, 0.15) is 18.0 Å². The van der Waals surface area contributed by atoms with E-state index in [0.717, 1.165) is 37.6 Å². The van der Waals surface area contributed by atoms with E-state index in [1.54, 1.807) is 37.4 Å². The van der Waals surface area contributed by atoms with E-state index in [0.29, 0.717) is 17.8 Å². The molecule has 0 radical (unpaired) electrons. The zero-order chi connectivity index (χ0) is 35.7. The third kappa shape index (κ3) is 14.8. The lowest BCUT2D eigenvalue weighted by Crippen LogP contribution is -2.53. The summed E-state index contributed by atoms with van der Waals surface area (Å²) >= 11 is 0. The Balaban J connectivity index is 0. The molecule has 14 nitrogen and oxygen atoms in total. The SMILES string of the molecule is C#C.C=CC1CC1(NC(=O)[C@@H]1CCCN1)C(=O)NC.C=O.CC.CC1CC1.CO.Nc1ccccc1N(N)Oc1nccc(=O)[nH]1. The van der Waals surface area contributed by atoms with Gasteiger partial charge in [-0.05, 0) is 43.9 Å². The number of carbonyl (C=O) groups excluding carboxylic acids is 3. The molecule has 2 aromatic rings. The van der Waals surface area contributed by atoms with Crippen LogP contribution < -0.4 is 43.1 Å². The van der Waals surface area contributed by atoms with Crippen LogP contribution in [0.25, 0.3) is 0 Å². The van der Waals surface area contributed by atoms with Crippen molar-refractivity contribution < 1.29 is 24.3 Å². The zero-order valence-electron chi connectivity index (χ0n) is 27.6. The molecule has 2 unspecified atom stereocenters. The fourth-order valence-corrected chi connectivity index (χ4v) is 3.87. The number of hydrazine groups is 1. The maximum absolute atomic E-state index is 12.0. The number of amides is 2. The number of H-pyrrole nitrogens is 1. The Labute approximate surface area is 272 Å². The Morgan fingerprint density at radius 1 is 1.17 bits per heavy atom. The molecular weight excluding hydrogens is 592 g/mol. The molecule has 1 aromatic carbocycles. The number of nitrogens with two attached hydrogens (primary N) is 2. The minimum Gasteiger partial charge on any atom is -0.400 e. The van der Waals surface area contributed by atoms with Gasteiger partial charge >= 0.3 is 6.01 Å². The number of aliphatic hydroxyl groups excluding tert-OH is 1. The molecular formula is C32H52N8O6. The lowest BCUT2D eigenvalue weighted by Gasteiger charge is -2.19. The molecule has 1 aliphatic heterocycles. The first kappa shape index (κ1) is 43.4. The number of hydrogen-bond donors (Lipinski definition) is 7. The van der Waals surface area contributed by atoms with E-state index < -0.39 is 5.54 Å². The largest absolute Gasteiger partial charge is 0.400 e. The maximum Gasteiger partial charge on any atom is 0.325 e. The Morgan fingerprint density at radius 2 is 1.76 bits per heavy atom. The van der Waals surface area contributed by atoms with Crippen LogP contribution in [0.15, 0.2) is 54.0 Å². The van der Waals surface area contributed by atoms with E-state index in [1.807, 2.05) is 20.6 Å². The number of benzene rings is 1. The second kappa shape index (κ2) is 24.6. The molecule has 9 N–H and O–H groups in total. The number of aliphatic hydroxyl groups is 1. The van der Waals surface area contributed by atoms with Gasteiger partial charge in [0.05, 0.1) is 11.7 Å². The second-order valence-electron chi connectivity index (χ2n) is 9.63. The van der Waals surface area contributed by atoms with Gasteiger partial charge in [0.15, 0.2) is 0 Å². The summed E-state index contributed by atoms with van der Waals surface area (Å²) in [6.45, 7) is 12.8. The molecule has 5 rings (SSSR count). The summed E-state index contributed by atoms with van der Waals surface area (Å²) in [4.78, 5) is 54.1. The minimum absolute atomic E-state index is 0.0109. The number of aromatic nitrogens is 2. The van der Waals surface area contributed by atoms with Crippen LogP contribution in [-0.4, -0.2) is 66.0 Å². The van der Waals surface area contributed by atoms with E-state index in [-0.39, 0.29) is 35.3 Å². The number of rotatable bonds is 7. The molecule has 2 amide bonds. The topological polar surface area (TPSA) is 218 Å². The number of terminal acetylenes is 1. The summed E-state index contributed by atoms with van der Waals surface area (Å²) in [5.74, 6) is 6.57. The van der Waals surface area contributed by atoms with Gasteiger partial charge in [0, 0.05) is 32.3 Å². The molecule has 1 saturated heterocycles. The van der Waals surface area contributed by atoms with Gasteiger partial charge in [0.25, 0.3) is 5.56 Å². The van der Waals surface area contributed by atoms with Crippen molar-refractivity contribution in [3.8, 4) is 18.9 Å². The van der Waals surface area contributed by atoms with Crippen molar-refractivity contribution in [1.29, 1.82) is 0 Å². The quantitative estimate of drug-likeness (QED) is 0.0756. The van der Waals surface area contributed by atoms with Gasteiger partial charge in [-0.1, -0.05) is 51.8 Å². The summed E-state index contributed by atoms with van der Waals surface area (Å²) < 4.78 is 0. The van der Waals surface area contributed by atoms with Gasteiger partial charge < -0.3 is 36.4 Å². The molecule has 2 heterocycles. The molecule has 0 bridgehead atoms. The van der Waals surface area contributed by atoms with Gasteiger partial charge in [-0.15, -0.1) is 24.6 Å². The Hall–Kier alpha value is -4.71. The van der Waals surface area contributed by atoms with Crippen LogP contribution in [0.1, 0.15) is 52.9 Å². The van der Waals surface area contributed by atoms with Gasteiger partial charge in [-0.2, -0.15) is 0 Å². The summed E-state index contributed by atoms with van der Waals surface area (Å²) in [5.41, 5.74) is 5.55. The van der Waals surface area contributed by atoms with E-state index in [1.165, 1.54) is 25.1 Å². The average molecular weight is 645 g/mol. The van der Waals surface area contributed by atoms with Gasteiger partial charge in [-0.3, -0.25) is 19.4 Å². The number of likely N-dealkylation sites (N-methyl/N-ethyl adjacent to an activating group) is 1. The number of hydrogen-bond acceptors (Lipinski definition) is 11. The molecule has 0 spiro atoms. The molecule has 3 fully saturated rings. The number of anilines is 2. The fraction of sp³-hybridized carbons (Fsp3) is 0.469. The number of nitrogen functional groups attached to an aromatic ring is 1. The van der Waals surface area contributed by atoms with Crippen molar-refractivity contribution in [2.75, 3.05) is 31.6 Å². The number of nitrogens with zero attached hydrogens (tertiary/aromatic N) is 2. The first-order valence-electron chi connectivity index (χ1n) is 14.8. The normalized spacial score (nSPS) is 19.3. The average Bonchev–Trinajstić information content (AvgIpc) is 3.97. The van der Waals surface area contributed by atoms with Crippen LogP contribution in [0.2, 0.25) is 0 Å². The predicted molar refractivity (Wildman–Crippen MR) is 182 cm³/mol. The standard InChI is InChI=1S/C12H19N3O2.C10H11N5O2.C4H8.C2H6.C2H2.CH4O.CH2O/c1-3-8-7-12(8,11(17)13-2)15-10(16)9-5-4-6-14-9;11-7-3-1-2-4-8(7)15(12)17-10-13-6-5-9(16)14-10;1-4-2-3-4;4*1-2/h3,8-9,14H,1,4-7H2,2H3,(H,13,17)(H,15,16);1-6H,11-12H2,(H,13,14,16);4H,2-3H2,1H3;1-2H3;1-2H;2H,1H3;1H2/t8?,9-,12?;;;;;;/m0....../s1. The summed E-state index contributed by atoms with van der Waals surface area (Å²) in [6.07, 6.45) is 16.5. The van der Waals surface area contributed by atoms with Crippen molar-refractivity contribution in [3.63, 3.8) is 0 Å². The molecule has 2 saturated carbocycles. The van der Waals surface area contributed by atoms with Crippen LogP contribution >= 0.6 is 0 Å². The van der Waals surface area contributed by atoms with Gasteiger partial charge in [-0.25, -0.2) is 10.8 Å². The second-order valence-corrected chi connectivity index (χ2v) is 9.63. The predicted octanol–water partition coefficient (Wildman–Crippen LogP) is 1.69. The van der Waals surface area contributed by atoms with E-state index in [2.05, 4.69) is 52.3 Å². The monoisotopic (exact) mass is 644 g/mol. The van der Waals surface area contributed by atoms with Crippen molar-refractivity contribution in [2.45, 2.75) is 64.5 Å². The Bertz CT molecular complexity index is 1230. The summed E-state index contributed by atoms with van der Waals surface area (Å²) in [5, 5.41) is 16.5. The van der Waals surface area contributed by atoms with Crippen molar-refractivity contribution >= 4 is 30.0 Å². The molecule has 256 valence electrons. The molecule has 46 heavy (non-hydrogen) atoms. The number of nitrogens with one attached hydrogen (secondary N) is 4. The third-order valence-corrected chi connectivity index (χ3v) is 6.53. The summed E-state index contributed by atoms with van der Waals surface area (Å²) in [7, 11) is 2.59. The lowest BCUT2D eigenvalue weighted by atomic mass is 10.1. The minimum atomic E-state index is -0.752. The lowest BCUT2D eigenvalue weighted by molar-refractivity contribution is -0.130. The first-order valence-corrected chi connectivity index (χ1v) is 14.8. The van der Waals surface area contributed by atoms with Crippen molar-refractivity contribution in [2.24, 2.45) is 17.7 Å². The highest BCUT2D eigenvalue weighted by Gasteiger charge is 2.59. The number of para-hydroxylation sites is 2. The third-order valence-electron chi connectivity index (χ3n) is 6.53. The fourth-order valence-electron chi connectivity index (χ4n) is 3.87. The van der Waals surface area contributed by atoms with Gasteiger partial charge in [0.2, 0.25) is 11.8 Å². The smallest absolute Gasteiger partial charge is 0.325 e. The van der Waals surface area contributed by atoms with E-state index >= 15 is 0 Å².